The SMILES string of the molecule is COc1ccc(C(C)NC(=O)c2noc(C)c2Cn2cc(Cl)cn2)cc1. The number of methoxy groups -OCH3 is 1. The number of nitrogens with one attached hydrogen (secondary N) is 1. The molecule has 3 rings (SSSR count). The normalized spacial score (nSPS) is 12.0. The van der Waals surface area contributed by atoms with Crippen LogP contribution in [-0.4, -0.2) is 28.0 Å². The number of amides is 1. The Morgan fingerprint density at radius 2 is 2.12 bits per heavy atom. The van der Waals surface area contributed by atoms with E-state index >= 15 is 0 Å². The predicted molar refractivity (Wildman–Crippen MR) is 96.5 cm³/mol. The fourth-order valence-electron chi connectivity index (χ4n) is 2.58. The van der Waals surface area contributed by atoms with E-state index in [2.05, 4.69) is 15.6 Å². The van der Waals surface area contributed by atoms with Gasteiger partial charge in [0.1, 0.15) is 11.5 Å². The van der Waals surface area contributed by atoms with Crippen LogP contribution in [0.25, 0.3) is 0 Å². The molecule has 1 atom stereocenters. The summed E-state index contributed by atoms with van der Waals surface area (Å²) in [6.45, 7) is 4.01. The van der Waals surface area contributed by atoms with Gasteiger partial charge >= 0.3 is 0 Å². The van der Waals surface area contributed by atoms with Crippen molar-refractivity contribution in [3.63, 3.8) is 0 Å². The summed E-state index contributed by atoms with van der Waals surface area (Å²) in [5.41, 5.74) is 1.87. The zero-order valence-corrected chi connectivity index (χ0v) is 15.4. The highest BCUT2D eigenvalue weighted by Crippen LogP contribution is 2.20. The lowest BCUT2D eigenvalue weighted by Crippen LogP contribution is -2.28. The number of hydrogen-bond acceptors (Lipinski definition) is 5. The highest BCUT2D eigenvalue weighted by atomic mass is 35.5. The van der Waals surface area contributed by atoms with Crippen LogP contribution in [0.4, 0.5) is 0 Å². The minimum atomic E-state index is -0.307. The zero-order valence-electron chi connectivity index (χ0n) is 14.7. The van der Waals surface area contributed by atoms with Gasteiger partial charge in [-0.05, 0) is 31.5 Å². The van der Waals surface area contributed by atoms with Crippen molar-refractivity contribution in [3.05, 3.63) is 64.3 Å². The second-order valence-corrected chi connectivity index (χ2v) is 6.33. The van der Waals surface area contributed by atoms with Crippen LogP contribution in [0.1, 0.15) is 40.3 Å². The average molecular weight is 375 g/mol. The van der Waals surface area contributed by atoms with Crippen LogP contribution in [0.3, 0.4) is 0 Å². The molecule has 8 heteroatoms. The van der Waals surface area contributed by atoms with Gasteiger partial charge in [-0.1, -0.05) is 28.9 Å². The average Bonchev–Trinajstić information content (AvgIpc) is 3.21. The Morgan fingerprint density at radius 3 is 2.73 bits per heavy atom. The van der Waals surface area contributed by atoms with Gasteiger partial charge in [0.05, 0.1) is 30.9 Å². The smallest absolute Gasteiger partial charge is 0.274 e. The summed E-state index contributed by atoms with van der Waals surface area (Å²) in [6.07, 6.45) is 3.21. The zero-order chi connectivity index (χ0) is 18.7. The molecule has 3 aromatic rings. The molecule has 1 unspecified atom stereocenters. The summed E-state index contributed by atoms with van der Waals surface area (Å²) in [7, 11) is 1.61. The van der Waals surface area contributed by atoms with Gasteiger partial charge in [0, 0.05) is 11.8 Å². The number of ether oxygens (including phenoxy) is 1. The van der Waals surface area contributed by atoms with Crippen molar-refractivity contribution in [2.24, 2.45) is 0 Å². The third-order valence-electron chi connectivity index (χ3n) is 4.09. The summed E-state index contributed by atoms with van der Waals surface area (Å²) in [5, 5.41) is 11.5. The van der Waals surface area contributed by atoms with Crippen molar-refractivity contribution in [3.8, 4) is 5.75 Å². The Labute approximate surface area is 155 Å². The van der Waals surface area contributed by atoms with Gasteiger partial charge in [-0.2, -0.15) is 5.10 Å². The first-order chi connectivity index (χ1) is 12.5. The van der Waals surface area contributed by atoms with Crippen LogP contribution in [0.5, 0.6) is 5.75 Å². The molecule has 2 aromatic heterocycles. The van der Waals surface area contributed by atoms with Gasteiger partial charge in [-0.3, -0.25) is 9.48 Å². The molecular formula is C18H19ClN4O3. The number of benzene rings is 1. The highest BCUT2D eigenvalue weighted by molar-refractivity contribution is 6.30. The molecule has 0 spiro atoms. The Kier molecular flexibility index (Phi) is 5.27. The molecular weight excluding hydrogens is 356 g/mol. The highest BCUT2D eigenvalue weighted by Gasteiger charge is 2.22. The predicted octanol–water partition coefficient (Wildman–Crippen LogP) is 3.38. The number of aromatic nitrogens is 3. The minimum Gasteiger partial charge on any atom is -0.497 e. The number of hydrogen-bond donors (Lipinski definition) is 1. The number of rotatable bonds is 6. The Hall–Kier alpha value is -2.80. The maximum Gasteiger partial charge on any atom is 0.274 e. The van der Waals surface area contributed by atoms with Gasteiger partial charge in [0.15, 0.2) is 5.69 Å². The monoisotopic (exact) mass is 374 g/mol. The number of carbonyl (C=O) groups excluding carboxylic acids is 1. The second kappa shape index (κ2) is 7.61. The number of aryl methyl sites for hydroxylation is 1. The first-order valence-electron chi connectivity index (χ1n) is 8.06. The second-order valence-electron chi connectivity index (χ2n) is 5.89. The van der Waals surface area contributed by atoms with Gasteiger partial charge in [-0.25, -0.2) is 0 Å². The molecule has 0 aliphatic rings. The molecule has 2 heterocycles. The molecule has 0 saturated carbocycles. The molecule has 0 aliphatic carbocycles. The summed E-state index contributed by atoms with van der Waals surface area (Å²) >= 11 is 5.89. The maximum atomic E-state index is 12.7. The molecule has 0 aliphatic heterocycles. The Balaban J connectivity index is 1.75. The van der Waals surface area contributed by atoms with Crippen LogP contribution < -0.4 is 10.1 Å². The number of nitrogens with zero attached hydrogens (tertiary/aromatic N) is 3. The minimum absolute atomic E-state index is 0.197. The molecule has 1 amide bonds. The van der Waals surface area contributed by atoms with Crippen molar-refractivity contribution in [1.82, 2.24) is 20.3 Å². The molecule has 0 fully saturated rings. The van der Waals surface area contributed by atoms with Crippen molar-refractivity contribution >= 4 is 17.5 Å². The summed E-state index contributed by atoms with van der Waals surface area (Å²) < 4.78 is 12.0. The Morgan fingerprint density at radius 1 is 1.38 bits per heavy atom. The van der Waals surface area contributed by atoms with Crippen LogP contribution in [-0.2, 0) is 6.54 Å². The summed E-state index contributed by atoms with van der Waals surface area (Å²) in [4.78, 5) is 12.7. The largest absolute Gasteiger partial charge is 0.497 e. The van der Waals surface area contributed by atoms with E-state index in [0.717, 1.165) is 11.3 Å². The lowest BCUT2D eigenvalue weighted by Gasteiger charge is -2.14. The van der Waals surface area contributed by atoms with Crippen molar-refractivity contribution in [2.45, 2.75) is 26.4 Å². The first-order valence-corrected chi connectivity index (χ1v) is 8.43. The van der Waals surface area contributed by atoms with Gasteiger partial charge < -0.3 is 14.6 Å². The molecule has 136 valence electrons. The lowest BCUT2D eigenvalue weighted by molar-refractivity contribution is 0.0929. The summed E-state index contributed by atoms with van der Waals surface area (Å²) in [6, 6.07) is 7.32. The standard InChI is InChI=1S/C18H19ClN4O3/c1-11(13-4-6-15(25-3)7-5-13)21-18(24)17-16(12(2)26-22-17)10-23-9-14(19)8-20-23/h4-9,11H,10H2,1-3H3,(H,21,24). The molecule has 26 heavy (non-hydrogen) atoms. The van der Waals surface area contributed by atoms with Crippen LogP contribution >= 0.6 is 11.6 Å². The fourth-order valence-corrected chi connectivity index (χ4v) is 2.74. The molecule has 0 radical (unpaired) electrons. The molecule has 1 N–H and O–H groups in total. The van der Waals surface area contributed by atoms with E-state index in [1.54, 1.807) is 24.9 Å². The first kappa shape index (κ1) is 18.0. The van der Waals surface area contributed by atoms with E-state index in [0.29, 0.717) is 22.9 Å². The molecule has 0 bridgehead atoms. The van der Waals surface area contributed by atoms with E-state index in [9.17, 15) is 4.79 Å². The Bertz CT molecular complexity index is 902. The lowest BCUT2D eigenvalue weighted by atomic mass is 10.1. The molecule has 0 saturated heterocycles. The van der Waals surface area contributed by atoms with Crippen LogP contribution in [0, 0.1) is 6.92 Å². The van der Waals surface area contributed by atoms with E-state index in [4.69, 9.17) is 20.9 Å². The van der Waals surface area contributed by atoms with Gasteiger partial charge in [0.2, 0.25) is 0 Å². The molecule has 7 nitrogen and oxygen atoms in total. The van der Waals surface area contributed by atoms with E-state index < -0.39 is 0 Å². The van der Waals surface area contributed by atoms with Crippen molar-refractivity contribution in [2.75, 3.05) is 7.11 Å². The summed E-state index contributed by atoms with van der Waals surface area (Å²) in [5.74, 6) is 1.02. The van der Waals surface area contributed by atoms with Crippen LogP contribution in [0.15, 0.2) is 41.2 Å². The van der Waals surface area contributed by atoms with E-state index in [-0.39, 0.29) is 17.6 Å². The molecule has 1 aromatic carbocycles. The third-order valence-corrected chi connectivity index (χ3v) is 4.28. The van der Waals surface area contributed by atoms with Crippen molar-refractivity contribution in [1.29, 1.82) is 0 Å². The quantitative estimate of drug-likeness (QED) is 0.715. The van der Waals surface area contributed by atoms with Crippen molar-refractivity contribution < 1.29 is 14.1 Å². The fraction of sp³-hybridized carbons (Fsp3) is 0.278. The number of carbonyl (C=O) groups is 1. The van der Waals surface area contributed by atoms with E-state index in [1.165, 1.54) is 6.20 Å². The topological polar surface area (TPSA) is 82.2 Å². The number of halogens is 1. The van der Waals surface area contributed by atoms with Gasteiger partial charge in [-0.15, -0.1) is 0 Å². The van der Waals surface area contributed by atoms with Crippen LogP contribution in [0.2, 0.25) is 5.02 Å². The van der Waals surface area contributed by atoms with E-state index in [1.807, 2.05) is 31.2 Å². The van der Waals surface area contributed by atoms with Gasteiger partial charge in [0.25, 0.3) is 5.91 Å². The maximum absolute atomic E-state index is 12.7. The third kappa shape index (κ3) is 3.88.